The van der Waals surface area contributed by atoms with E-state index < -0.39 is 0 Å². The Morgan fingerprint density at radius 3 is 2.71 bits per heavy atom. The van der Waals surface area contributed by atoms with Gasteiger partial charge in [0.25, 0.3) is 0 Å². The summed E-state index contributed by atoms with van der Waals surface area (Å²) in [5.41, 5.74) is 3.15. The fourth-order valence-electron chi connectivity index (χ4n) is 2.56. The Bertz CT molecular complexity index is 511. The van der Waals surface area contributed by atoms with Crippen molar-refractivity contribution in [3.63, 3.8) is 0 Å². The molecule has 1 aliphatic carbocycles. The number of allylic oxidation sites excluding steroid dienone is 2. The van der Waals surface area contributed by atoms with Crippen molar-refractivity contribution in [1.29, 1.82) is 0 Å². The molecule has 2 nitrogen and oxygen atoms in total. The van der Waals surface area contributed by atoms with Crippen LogP contribution in [0.1, 0.15) is 18.4 Å². The molecule has 1 heterocycles. The summed E-state index contributed by atoms with van der Waals surface area (Å²) >= 11 is 0. The second-order valence-electron chi connectivity index (χ2n) is 4.58. The molecule has 86 valence electrons. The molecule has 1 aromatic rings. The molecule has 0 fully saturated rings. The number of cyclic esters (lactones) is 1. The van der Waals surface area contributed by atoms with E-state index in [0.29, 0.717) is 12.5 Å². The maximum absolute atomic E-state index is 11.8. The van der Waals surface area contributed by atoms with Crippen LogP contribution in [0, 0.1) is 5.92 Å². The monoisotopic (exact) mass is 226 g/mol. The Morgan fingerprint density at radius 1 is 1.18 bits per heavy atom. The molecule has 0 unspecified atom stereocenters. The molecule has 2 atom stereocenters. The predicted molar refractivity (Wildman–Crippen MR) is 65.5 cm³/mol. The molecule has 2 aliphatic rings. The smallest absolute Gasteiger partial charge is 0.335 e. The molecular formula is C15H14O2. The molecule has 1 aliphatic heterocycles. The average molecular weight is 226 g/mol. The van der Waals surface area contributed by atoms with Gasteiger partial charge in [-0.05, 0) is 17.1 Å². The van der Waals surface area contributed by atoms with Gasteiger partial charge in [-0.3, -0.25) is 0 Å². The lowest BCUT2D eigenvalue weighted by Crippen LogP contribution is -2.13. The van der Waals surface area contributed by atoms with E-state index in [2.05, 4.69) is 31.2 Å². The van der Waals surface area contributed by atoms with Crippen molar-refractivity contribution >= 4 is 5.97 Å². The average Bonchev–Trinajstić information content (AvgIpc) is 2.75. The third-order valence-corrected chi connectivity index (χ3v) is 3.54. The van der Waals surface area contributed by atoms with Crippen molar-refractivity contribution in [1.82, 2.24) is 0 Å². The van der Waals surface area contributed by atoms with Gasteiger partial charge in [0.15, 0.2) is 0 Å². The van der Waals surface area contributed by atoms with Crippen molar-refractivity contribution < 1.29 is 9.53 Å². The van der Waals surface area contributed by atoms with Crippen LogP contribution in [0.2, 0.25) is 0 Å². The van der Waals surface area contributed by atoms with E-state index in [9.17, 15) is 4.79 Å². The zero-order valence-electron chi connectivity index (χ0n) is 9.72. The summed E-state index contributed by atoms with van der Waals surface area (Å²) in [4.78, 5) is 11.8. The Morgan fingerprint density at radius 2 is 1.94 bits per heavy atom. The minimum Gasteiger partial charge on any atom is -0.458 e. The molecule has 0 saturated heterocycles. The minimum atomic E-state index is -0.148. The first-order chi connectivity index (χ1) is 8.27. The van der Waals surface area contributed by atoms with E-state index in [1.165, 1.54) is 0 Å². The van der Waals surface area contributed by atoms with Gasteiger partial charge >= 0.3 is 5.97 Å². The summed E-state index contributed by atoms with van der Waals surface area (Å²) in [5, 5.41) is 0. The number of carbonyl (C=O) groups excluding carboxylic acids is 1. The zero-order valence-corrected chi connectivity index (χ0v) is 9.72. The summed E-state index contributed by atoms with van der Waals surface area (Å²) in [7, 11) is 0. The molecule has 0 spiro atoms. The summed E-state index contributed by atoms with van der Waals surface area (Å²) in [5.74, 6) is 0.235. The van der Waals surface area contributed by atoms with Crippen LogP contribution < -0.4 is 0 Å². The van der Waals surface area contributed by atoms with Crippen LogP contribution in [0.4, 0.5) is 0 Å². The van der Waals surface area contributed by atoms with Crippen LogP contribution in [-0.4, -0.2) is 12.6 Å². The third kappa shape index (κ3) is 1.60. The largest absolute Gasteiger partial charge is 0.458 e. The number of benzene rings is 1. The van der Waals surface area contributed by atoms with Gasteiger partial charge in [-0.25, -0.2) is 4.79 Å². The van der Waals surface area contributed by atoms with Crippen LogP contribution in [0.5, 0.6) is 0 Å². The second-order valence-corrected chi connectivity index (χ2v) is 4.58. The van der Waals surface area contributed by atoms with Gasteiger partial charge in [0.2, 0.25) is 0 Å². The Labute approximate surface area is 101 Å². The number of carbonyl (C=O) groups is 1. The maximum atomic E-state index is 11.8. The predicted octanol–water partition coefficient (Wildman–Crippen LogP) is 2.83. The van der Waals surface area contributed by atoms with Crippen LogP contribution in [0.3, 0.4) is 0 Å². The highest BCUT2D eigenvalue weighted by Crippen LogP contribution is 2.39. The standard InChI is InChI=1S/C15H14O2/c1-10-7-8-12(11-5-3-2-4-6-11)14-13(10)9-17-15(14)16/h2-8,10,12H,9H2,1H3/t10-,12+/m0/s1. The number of hydrogen-bond donors (Lipinski definition) is 0. The quantitative estimate of drug-likeness (QED) is 0.543. The molecule has 3 rings (SSSR count). The SMILES string of the molecule is C[C@H]1C=C[C@H](c2ccccc2)C2=C1COC2=O. The van der Waals surface area contributed by atoms with Gasteiger partial charge < -0.3 is 4.74 Å². The lowest BCUT2D eigenvalue weighted by molar-refractivity contribution is -0.136. The van der Waals surface area contributed by atoms with Crippen molar-refractivity contribution in [2.75, 3.05) is 6.61 Å². The molecule has 0 radical (unpaired) electrons. The Kier molecular flexibility index (Phi) is 2.36. The highest BCUT2D eigenvalue weighted by Gasteiger charge is 2.35. The topological polar surface area (TPSA) is 26.3 Å². The first kappa shape index (κ1) is 10.3. The molecular weight excluding hydrogens is 212 g/mol. The maximum Gasteiger partial charge on any atom is 0.335 e. The second kappa shape index (κ2) is 3.88. The molecule has 0 bridgehead atoms. The molecule has 2 heteroatoms. The summed E-state index contributed by atoms with van der Waals surface area (Å²) < 4.78 is 5.17. The first-order valence-corrected chi connectivity index (χ1v) is 5.90. The lowest BCUT2D eigenvalue weighted by Gasteiger charge is -2.21. The Hall–Kier alpha value is -1.83. The zero-order chi connectivity index (χ0) is 11.8. The Balaban J connectivity index is 2.07. The molecule has 0 N–H and O–H groups in total. The van der Waals surface area contributed by atoms with Crippen molar-refractivity contribution in [3.05, 3.63) is 59.2 Å². The van der Waals surface area contributed by atoms with Gasteiger partial charge in [0.05, 0.1) is 5.57 Å². The summed E-state index contributed by atoms with van der Waals surface area (Å²) in [6.45, 7) is 2.57. The van der Waals surface area contributed by atoms with Crippen molar-refractivity contribution in [2.45, 2.75) is 12.8 Å². The molecule has 1 aromatic carbocycles. The van der Waals surface area contributed by atoms with Gasteiger partial charge in [0.1, 0.15) is 6.61 Å². The highest BCUT2D eigenvalue weighted by atomic mass is 16.5. The van der Waals surface area contributed by atoms with E-state index in [0.717, 1.165) is 16.7 Å². The molecule has 0 saturated carbocycles. The van der Waals surface area contributed by atoms with Crippen LogP contribution in [0.15, 0.2) is 53.6 Å². The van der Waals surface area contributed by atoms with E-state index in [1.807, 2.05) is 18.2 Å². The van der Waals surface area contributed by atoms with E-state index in [4.69, 9.17) is 4.74 Å². The molecule has 0 amide bonds. The number of ether oxygens (including phenoxy) is 1. The van der Waals surface area contributed by atoms with E-state index in [1.54, 1.807) is 0 Å². The summed E-state index contributed by atoms with van der Waals surface area (Å²) in [6.07, 6.45) is 4.28. The van der Waals surface area contributed by atoms with Crippen molar-refractivity contribution in [3.8, 4) is 0 Å². The number of esters is 1. The van der Waals surface area contributed by atoms with Gasteiger partial charge in [0, 0.05) is 5.92 Å². The first-order valence-electron chi connectivity index (χ1n) is 5.90. The minimum absolute atomic E-state index is 0.0670. The van der Waals surface area contributed by atoms with Gasteiger partial charge in [-0.15, -0.1) is 0 Å². The normalized spacial score (nSPS) is 27.0. The van der Waals surface area contributed by atoms with Gasteiger partial charge in [-0.2, -0.15) is 0 Å². The fraction of sp³-hybridized carbons (Fsp3) is 0.267. The van der Waals surface area contributed by atoms with Crippen LogP contribution in [0.25, 0.3) is 0 Å². The van der Waals surface area contributed by atoms with Gasteiger partial charge in [-0.1, -0.05) is 49.4 Å². The van der Waals surface area contributed by atoms with E-state index >= 15 is 0 Å². The molecule has 0 aromatic heterocycles. The number of hydrogen-bond acceptors (Lipinski definition) is 2. The molecule has 17 heavy (non-hydrogen) atoms. The van der Waals surface area contributed by atoms with Crippen LogP contribution >= 0.6 is 0 Å². The number of rotatable bonds is 1. The fourth-order valence-corrected chi connectivity index (χ4v) is 2.56. The van der Waals surface area contributed by atoms with E-state index in [-0.39, 0.29) is 11.9 Å². The van der Waals surface area contributed by atoms with Crippen molar-refractivity contribution in [2.24, 2.45) is 5.92 Å². The summed E-state index contributed by atoms with van der Waals surface area (Å²) in [6, 6.07) is 10.1. The third-order valence-electron chi connectivity index (χ3n) is 3.54. The lowest BCUT2D eigenvalue weighted by atomic mass is 9.80. The highest BCUT2D eigenvalue weighted by molar-refractivity contribution is 5.94. The van der Waals surface area contributed by atoms with Crippen LogP contribution in [-0.2, 0) is 9.53 Å².